The molecule has 1 fully saturated rings. The van der Waals surface area contributed by atoms with E-state index >= 15 is 0 Å². The highest BCUT2D eigenvalue weighted by Crippen LogP contribution is 2.29. The number of amides is 1. The van der Waals surface area contributed by atoms with Crippen molar-refractivity contribution in [2.24, 2.45) is 0 Å². The van der Waals surface area contributed by atoms with Gasteiger partial charge in [0.15, 0.2) is 5.13 Å². The fourth-order valence-electron chi connectivity index (χ4n) is 2.67. The van der Waals surface area contributed by atoms with Gasteiger partial charge in [0, 0.05) is 19.1 Å². The molecule has 1 atom stereocenters. The van der Waals surface area contributed by atoms with Crippen molar-refractivity contribution < 1.29 is 4.79 Å². The second-order valence-electron chi connectivity index (χ2n) is 5.78. The molecule has 0 saturated carbocycles. The third-order valence-corrected chi connectivity index (χ3v) is 4.95. The third kappa shape index (κ3) is 4.33. The average Bonchev–Trinajstić information content (AvgIpc) is 2.66. The molecule has 3 N–H and O–H groups in total. The second-order valence-corrected chi connectivity index (χ2v) is 6.75. The van der Waals surface area contributed by atoms with E-state index in [-0.39, 0.29) is 11.9 Å². The first kappa shape index (κ1) is 16.1. The van der Waals surface area contributed by atoms with Crippen LogP contribution >= 0.6 is 11.3 Å². The molecule has 0 aliphatic carbocycles. The Labute approximate surface area is 130 Å². The van der Waals surface area contributed by atoms with Gasteiger partial charge in [0.2, 0.25) is 0 Å². The highest BCUT2D eigenvalue weighted by atomic mass is 32.1. The molecule has 1 aromatic heterocycles. The fourth-order valence-corrected chi connectivity index (χ4v) is 3.61. The Morgan fingerprint density at radius 3 is 2.67 bits per heavy atom. The fraction of sp³-hybridized carbons (Fsp3) is 0.733. The van der Waals surface area contributed by atoms with E-state index in [1.165, 1.54) is 37.0 Å². The molecule has 0 bridgehead atoms. The van der Waals surface area contributed by atoms with Crippen LogP contribution in [0.15, 0.2) is 0 Å². The van der Waals surface area contributed by atoms with Gasteiger partial charge in [0.25, 0.3) is 5.91 Å². The molecule has 0 aromatic carbocycles. The zero-order chi connectivity index (χ0) is 15.2. The van der Waals surface area contributed by atoms with Gasteiger partial charge in [-0.1, -0.05) is 37.5 Å². The van der Waals surface area contributed by atoms with Gasteiger partial charge in [-0.25, -0.2) is 4.98 Å². The number of anilines is 2. The second kappa shape index (κ2) is 7.64. The first-order chi connectivity index (χ1) is 10.1. The van der Waals surface area contributed by atoms with E-state index in [1.807, 2.05) is 6.92 Å². The minimum Gasteiger partial charge on any atom is -0.382 e. The Balaban J connectivity index is 2.05. The van der Waals surface area contributed by atoms with E-state index in [2.05, 4.69) is 22.1 Å². The summed E-state index contributed by atoms with van der Waals surface area (Å²) in [5.41, 5.74) is 5.95. The lowest BCUT2D eigenvalue weighted by atomic mass is 10.2. The summed E-state index contributed by atoms with van der Waals surface area (Å²) in [5, 5.41) is 3.89. The molecule has 118 valence electrons. The zero-order valence-corrected chi connectivity index (χ0v) is 13.8. The standard InChI is InChI=1S/C15H26N4OS/c1-3-8-11(2)17-14(20)12-13(16)18-15(21-12)19-9-6-4-5-7-10-19/h11H,3-10,16H2,1-2H3,(H,17,20). The van der Waals surface area contributed by atoms with E-state index in [0.29, 0.717) is 10.7 Å². The predicted octanol–water partition coefficient (Wildman–Crippen LogP) is 3.02. The highest BCUT2D eigenvalue weighted by molar-refractivity contribution is 7.18. The number of aromatic nitrogens is 1. The molecule has 6 heteroatoms. The van der Waals surface area contributed by atoms with Gasteiger partial charge < -0.3 is 16.0 Å². The lowest BCUT2D eigenvalue weighted by Gasteiger charge is -2.18. The zero-order valence-electron chi connectivity index (χ0n) is 13.0. The molecule has 2 rings (SSSR count). The SMILES string of the molecule is CCCC(C)NC(=O)c1sc(N2CCCCCC2)nc1N. The summed E-state index contributed by atoms with van der Waals surface area (Å²) in [4.78, 5) is 19.5. The minimum atomic E-state index is -0.0907. The van der Waals surface area contributed by atoms with Crippen LogP contribution in [0.3, 0.4) is 0 Å². The number of nitrogens with zero attached hydrogens (tertiary/aromatic N) is 2. The molecule has 21 heavy (non-hydrogen) atoms. The molecule has 1 aliphatic heterocycles. The van der Waals surface area contributed by atoms with Gasteiger partial charge in [0.05, 0.1) is 0 Å². The lowest BCUT2D eigenvalue weighted by Crippen LogP contribution is -2.32. The predicted molar refractivity (Wildman–Crippen MR) is 89.0 cm³/mol. The normalized spacial score (nSPS) is 17.3. The summed E-state index contributed by atoms with van der Waals surface area (Å²) in [6.07, 6.45) is 6.96. The molecule has 0 spiro atoms. The Hall–Kier alpha value is -1.30. The summed E-state index contributed by atoms with van der Waals surface area (Å²) < 4.78 is 0. The molecular formula is C15H26N4OS. The number of nitrogens with two attached hydrogens (primary N) is 1. The van der Waals surface area contributed by atoms with E-state index < -0.39 is 0 Å². The average molecular weight is 310 g/mol. The Morgan fingerprint density at radius 2 is 2.05 bits per heavy atom. The van der Waals surface area contributed by atoms with Gasteiger partial charge >= 0.3 is 0 Å². The number of carbonyl (C=O) groups is 1. The van der Waals surface area contributed by atoms with Crippen molar-refractivity contribution in [3.8, 4) is 0 Å². The van der Waals surface area contributed by atoms with Crippen LogP contribution in [0.2, 0.25) is 0 Å². The third-order valence-electron chi connectivity index (χ3n) is 3.82. The van der Waals surface area contributed by atoms with Gasteiger partial charge in [0.1, 0.15) is 10.7 Å². The number of hydrogen-bond acceptors (Lipinski definition) is 5. The van der Waals surface area contributed by atoms with E-state index in [0.717, 1.165) is 31.1 Å². The van der Waals surface area contributed by atoms with Crippen LogP contribution < -0.4 is 16.0 Å². The van der Waals surface area contributed by atoms with Crippen LogP contribution in [-0.4, -0.2) is 30.0 Å². The number of nitrogen functional groups attached to an aromatic ring is 1. The summed E-state index contributed by atoms with van der Waals surface area (Å²) in [6.45, 7) is 6.16. The molecule has 5 nitrogen and oxygen atoms in total. The summed E-state index contributed by atoms with van der Waals surface area (Å²) in [7, 11) is 0. The van der Waals surface area contributed by atoms with Crippen molar-refractivity contribution in [1.82, 2.24) is 10.3 Å². The quantitative estimate of drug-likeness (QED) is 0.877. The highest BCUT2D eigenvalue weighted by Gasteiger charge is 2.21. The van der Waals surface area contributed by atoms with Crippen LogP contribution in [0, 0.1) is 0 Å². The molecule has 1 saturated heterocycles. The topological polar surface area (TPSA) is 71.2 Å². The van der Waals surface area contributed by atoms with Crippen molar-refractivity contribution in [3.63, 3.8) is 0 Å². The maximum Gasteiger partial charge on any atom is 0.265 e. The monoisotopic (exact) mass is 310 g/mol. The van der Waals surface area contributed by atoms with Crippen LogP contribution in [0.5, 0.6) is 0 Å². The number of hydrogen-bond donors (Lipinski definition) is 2. The van der Waals surface area contributed by atoms with Crippen LogP contribution in [0.1, 0.15) is 62.0 Å². The summed E-state index contributed by atoms with van der Waals surface area (Å²) >= 11 is 1.42. The summed E-state index contributed by atoms with van der Waals surface area (Å²) in [6, 6.07) is 0.172. The summed E-state index contributed by atoms with van der Waals surface area (Å²) in [5.74, 6) is 0.271. The smallest absolute Gasteiger partial charge is 0.265 e. The van der Waals surface area contributed by atoms with Crippen molar-refractivity contribution >= 4 is 28.2 Å². The van der Waals surface area contributed by atoms with Gasteiger partial charge in [-0.2, -0.15) is 0 Å². The maximum atomic E-state index is 12.3. The van der Waals surface area contributed by atoms with Gasteiger partial charge in [-0.15, -0.1) is 0 Å². The van der Waals surface area contributed by atoms with Gasteiger partial charge in [-0.3, -0.25) is 4.79 Å². The maximum absolute atomic E-state index is 12.3. The molecule has 1 aliphatic rings. The van der Waals surface area contributed by atoms with E-state index in [1.54, 1.807) is 0 Å². The number of nitrogens with one attached hydrogen (secondary N) is 1. The van der Waals surface area contributed by atoms with Crippen LogP contribution in [-0.2, 0) is 0 Å². The minimum absolute atomic E-state index is 0.0907. The van der Waals surface area contributed by atoms with Crippen molar-refractivity contribution in [2.75, 3.05) is 23.7 Å². The lowest BCUT2D eigenvalue weighted by molar-refractivity contribution is 0.0943. The Morgan fingerprint density at radius 1 is 1.38 bits per heavy atom. The van der Waals surface area contributed by atoms with E-state index in [9.17, 15) is 4.79 Å². The largest absolute Gasteiger partial charge is 0.382 e. The molecular weight excluding hydrogens is 284 g/mol. The number of thiazole rings is 1. The Kier molecular flexibility index (Phi) is 5.85. The molecule has 1 unspecified atom stereocenters. The molecule has 2 heterocycles. The Bertz CT molecular complexity index is 466. The number of carbonyl (C=O) groups excluding carboxylic acids is 1. The first-order valence-electron chi connectivity index (χ1n) is 7.94. The van der Waals surface area contributed by atoms with Gasteiger partial charge in [-0.05, 0) is 26.2 Å². The molecule has 0 radical (unpaired) electrons. The van der Waals surface area contributed by atoms with Crippen molar-refractivity contribution in [3.05, 3.63) is 4.88 Å². The van der Waals surface area contributed by atoms with E-state index in [4.69, 9.17) is 5.73 Å². The van der Waals surface area contributed by atoms with Crippen molar-refractivity contribution in [1.29, 1.82) is 0 Å². The number of rotatable bonds is 5. The van der Waals surface area contributed by atoms with Crippen molar-refractivity contribution in [2.45, 2.75) is 58.4 Å². The molecule has 1 amide bonds. The molecule has 1 aromatic rings. The first-order valence-corrected chi connectivity index (χ1v) is 8.75. The van der Waals surface area contributed by atoms with Crippen LogP contribution in [0.4, 0.5) is 10.9 Å². The van der Waals surface area contributed by atoms with Crippen LogP contribution in [0.25, 0.3) is 0 Å².